The number of nitrogens with one attached hydrogen (secondary N) is 2. The first kappa shape index (κ1) is 19.5. The molecule has 0 aliphatic rings. The zero-order chi connectivity index (χ0) is 17.5. The second-order valence-corrected chi connectivity index (χ2v) is 8.61. The number of ether oxygens (including phenoxy) is 1. The molecule has 0 fully saturated rings. The summed E-state index contributed by atoms with van der Waals surface area (Å²) < 4.78 is 17.1. The predicted octanol–water partition coefficient (Wildman–Crippen LogP) is 2.99. The molecular weight excluding hydrogens is 312 g/mol. The fourth-order valence-electron chi connectivity index (χ4n) is 1.93. The van der Waals surface area contributed by atoms with Crippen molar-refractivity contribution in [2.45, 2.75) is 45.4 Å². The summed E-state index contributed by atoms with van der Waals surface area (Å²) in [4.78, 5) is 11.9. The van der Waals surface area contributed by atoms with Crippen LogP contribution in [0.15, 0.2) is 24.3 Å². The molecule has 130 valence electrons. The summed E-state index contributed by atoms with van der Waals surface area (Å²) in [6, 6.07) is 7.27. The van der Waals surface area contributed by atoms with E-state index in [1.165, 1.54) is 0 Å². The molecule has 0 radical (unpaired) electrons. The van der Waals surface area contributed by atoms with E-state index in [1.54, 1.807) is 0 Å². The Morgan fingerprint density at radius 1 is 1.35 bits per heavy atom. The Morgan fingerprint density at radius 3 is 2.65 bits per heavy atom. The van der Waals surface area contributed by atoms with E-state index in [4.69, 9.17) is 4.74 Å². The van der Waals surface area contributed by atoms with E-state index >= 15 is 0 Å². The maximum atomic E-state index is 11.9. The molecule has 0 heterocycles. The van der Waals surface area contributed by atoms with Crippen LogP contribution in [-0.4, -0.2) is 33.9 Å². The molecule has 23 heavy (non-hydrogen) atoms. The van der Waals surface area contributed by atoms with Crippen molar-refractivity contribution < 1.29 is 13.7 Å². The Balaban J connectivity index is 2.45. The fourth-order valence-corrected chi connectivity index (χ4v) is 2.83. The van der Waals surface area contributed by atoms with Gasteiger partial charge in [0.05, 0.1) is 12.6 Å². The van der Waals surface area contributed by atoms with Gasteiger partial charge in [-0.25, -0.2) is 4.79 Å². The highest BCUT2D eigenvalue weighted by Crippen LogP contribution is 2.19. The van der Waals surface area contributed by atoms with Crippen LogP contribution in [0.25, 0.3) is 0 Å². The Kier molecular flexibility index (Phi) is 7.55. The van der Waals surface area contributed by atoms with Crippen LogP contribution in [0.5, 0.6) is 5.75 Å². The van der Waals surface area contributed by atoms with E-state index in [9.17, 15) is 9.00 Å². The molecule has 1 aromatic carbocycles. The second-order valence-electron chi connectivity index (χ2n) is 6.29. The average molecular weight is 340 g/mol. The number of amides is 2. The summed E-state index contributed by atoms with van der Waals surface area (Å²) in [6.45, 7) is 10.6. The molecule has 1 rings (SSSR count). The van der Waals surface area contributed by atoms with Crippen molar-refractivity contribution in [3.8, 4) is 5.75 Å². The SMILES string of the molecule is CCOc1cccc([C@@H](C)NC(=O)NCC[S@](=O)C(C)(C)C)c1. The third-order valence-corrected chi connectivity index (χ3v) is 5.21. The van der Waals surface area contributed by atoms with Gasteiger partial charge in [-0.05, 0) is 52.3 Å². The van der Waals surface area contributed by atoms with Crippen LogP contribution < -0.4 is 15.4 Å². The normalized spacial score (nSPS) is 14.0. The van der Waals surface area contributed by atoms with Gasteiger partial charge in [0, 0.05) is 27.8 Å². The molecule has 1 aromatic rings. The first-order valence-corrected chi connectivity index (χ1v) is 9.21. The van der Waals surface area contributed by atoms with Crippen molar-refractivity contribution >= 4 is 16.8 Å². The highest BCUT2D eigenvalue weighted by atomic mass is 32.2. The molecule has 0 saturated carbocycles. The van der Waals surface area contributed by atoms with Crippen molar-refractivity contribution in [1.29, 1.82) is 0 Å². The minimum absolute atomic E-state index is 0.136. The maximum absolute atomic E-state index is 11.9. The number of carbonyl (C=O) groups is 1. The van der Waals surface area contributed by atoms with Crippen LogP contribution >= 0.6 is 0 Å². The predicted molar refractivity (Wildman–Crippen MR) is 95.3 cm³/mol. The standard InChI is InChI=1S/C17H28N2O3S/c1-6-22-15-9-7-8-14(12-15)13(2)19-16(20)18-10-11-23(21)17(3,4)5/h7-9,12-13H,6,10-11H2,1-5H3,(H2,18,19,20)/t13-,23+/m1/s1. The fraction of sp³-hybridized carbons (Fsp3) is 0.588. The first-order chi connectivity index (χ1) is 10.7. The molecule has 0 bridgehead atoms. The summed E-state index contributed by atoms with van der Waals surface area (Å²) >= 11 is 0. The van der Waals surface area contributed by atoms with E-state index in [2.05, 4.69) is 10.6 Å². The summed E-state index contributed by atoms with van der Waals surface area (Å²) in [6.07, 6.45) is 0. The molecule has 0 saturated heterocycles. The number of hydrogen-bond acceptors (Lipinski definition) is 3. The van der Waals surface area contributed by atoms with E-state index in [1.807, 2.05) is 58.9 Å². The lowest BCUT2D eigenvalue weighted by molar-refractivity contribution is 0.238. The minimum Gasteiger partial charge on any atom is -0.494 e. The number of rotatable bonds is 7. The summed E-state index contributed by atoms with van der Waals surface area (Å²) in [7, 11) is -0.967. The van der Waals surface area contributed by atoms with E-state index in [0.29, 0.717) is 18.9 Å². The van der Waals surface area contributed by atoms with Gasteiger partial charge in [0.2, 0.25) is 0 Å². The highest BCUT2D eigenvalue weighted by Gasteiger charge is 2.19. The van der Waals surface area contributed by atoms with Gasteiger partial charge in [-0.3, -0.25) is 4.21 Å². The molecular formula is C17H28N2O3S. The van der Waals surface area contributed by atoms with Gasteiger partial charge in [0.1, 0.15) is 5.75 Å². The van der Waals surface area contributed by atoms with Crippen LogP contribution in [0.2, 0.25) is 0 Å². The van der Waals surface area contributed by atoms with Crippen molar-refractivity contribution in [2.24, 2.45) is 0 Å². The third kappa shape index (κ3) is 7.03. The lowest BCUT2D eigenvalue weighted by Crippen LogP contribution is -2.40. The molecule has 0 aliphatic carbocycles. The molecule has 0 aromatic heterocycles. The summed E-state index contributed by atoms with van der Waals surface area (Å²) in [5.74, 6) is 1.24. The van der Waals surface area contributed by atoms with Gasteiger partial charge in [0.25, 0.3) is 0 Å². The second kappa shape index (κ2) is 8.91. The van der Waals surface area contributed by atoms with Gasteiger partial charge in [-0.1, -0.05) is 12.1 Å². The molecule has 0 unspecified atom stereocenters. The van der Waals surface area contributed by atoms with E-state index < -0.39 is 10.8 Å². The third-order valence-electron chi connectivity index (χ3n) is 3.27. The molecule has 6 heteroatoms. The van der Waals surface area contributed by atoms with Gasteiger partial charge < -0.3 is 15.4 Å². The lowest BCUT2D eigenvalue weighted by Gasteiger charge is -2.19. The summed E-state index contributed by atoms with van der Waals surface area (Å²) in [5.41, 5.74) is 0.976. The minimum atomic E-state index is -0.967. The topological polar surface area (TPSA) is 67.4 Å². The number of hydrogen-bond donors (Lipinski definition) is 2. The smallest absolute Gasteiger partial charge is 0.315 e. The first-order valence-electron chi connectivity index (χ1n) is 7.89. The van der Waals surface area contributed by atoms with Gasteiger partial charge in [-0.15, -0.1) is 0 Å². The van der Waals surface area contributed by atoms with Crippen LogP contribution in [0.1, 0.15) is 46.2 Å². The highest BCUT2D eigenvalue weighted by molar-refractivity contribution is 7.86. The quantitative estimate of drug-likeness (QED) is 0.802. The van der Waals surface area contributed by atoms with Gasteiger partial charge in [-0.2, -0.15) is 0 Å². The molecule has 0 aliphatic heterocycles. The molecule has 0 spiro atoms. The monoisotopic (exact) mass is 340 g/mol. The zero-order valence-corrected chi connectivity index (χ0v) is 15.5. The number of carbonyl (C=O) groups excluding carboxylic acids is 1. The molecule has 2 N–H and O–H groups in total. The summed E-state index contributed by atoms with van der Waals surface area (Å²) in [5, 5.41) is 5.63. The van der Waals surface area contributed by atoms with Gasteiger partial charge >= 0.3 is 6.03 Å². The zero-order valence-electron chi connectivity index (χ0n) is 14.6. The Hall–Kier alpha value is -1.56. The van der Waals surface area contributed by atoms with E-state index in [-0.39, 0.29) is 16.8 Å². The van der Waals surface area contributed by atoms with Crippen LogP contribution in [0, 0.1) is 0 Å². The van der Waals surface area contributed by atoms with Crippen molar-refractivity contribution in [3.05, 3.63) is 29.8 Å². The van der Waals surface area contributed by atoms with Crippen LogP contribution in [0.4, 0.5) is 4.79 Å². The van der Waals surface area contributed by atoms with Crippen molar-refractivity contribution in [1.82, 2.24) is 10.6 Å². The molecule has 5 nitrogen and oxygen atoms in total. The Bertz CT molecular complexity index is 541. The van der Waals surface area contributed by atoms with Gasteiger partial charge in [0.15, 0.2) is 0 Å². The van der Waals surface area contributed by atoms with Crippen LogP contribution in [0.3, 0.4) is 0 Å². The van der Waals surface area contributed by atoms with Crippen molar-refractivity contribution in [3.63, 3.8) is 0 Å². The maximum Gasteiger partial charge on any atom is 0.315 e. The van der Waals surface area contributed by atoms with Crippen LogP contribution in [-0.2, 0) is 10.8 Å². The molecule has 2 atom stereocenters. The number of benzene rings is 1. The average Bonchev–Trinajstić information content (AvgIpc) is 2.46. The lowest BCUT2D eigenvalue weighted by atomic mass is 10.1. The van der Waals surface area contributed by atoms with Crippen molar-refractivity contribution in [2.75, 3.05) is 18.9 Å². The Morgan fingerprint density at radius 2 is 2.04 bits per heavy atom. The largest absolute Gasteiger partial charge is 0.494 e. The Labute approximate surface area is 141 Å². The molecule has 2 amide bonds. The number of urea groups is 1. The van der Waals surface area contributed by atoms with E-state index in [0.717, 1.165) is 11.3 Å².